The maximum absolute atomic E-state index is 13.9. The van der Waals surface area contributed by atoms with E-state index in [0.717, 1.165) is 12.1 Å². The average Bonchev–Trinajstić information content (AvgIpc) is 2.90. The molecular weight excluding hydrogens is 484 g/mol. The summed E-state index contributed by atoms with van der Waals surface area (Å²) in [6.45, 7) is 8.74. The first-order valence-electron chi connectivity index (χ1n) is 12.8. The smallest absolute Gasteiger partial charge is 0.314 e. The zero-order chi connectivity index (χ0) is 26.5. The van der Waals surface area contributed by atoms with Crippen molar-refractivity contribution in [1.82, 2.24) is 14.5 Å². The predicted molar refractivity (Wildman–Crippen MR) is 152 cm³/mol. The van der Waals surface area contributed by atoms with Gasteiger partial charge < -0.3 is 10.2 Å². The van der Waals surface area contributed by atoms with Crippen molar-refractivity contribution in [3.63, 3.8) is 0 Å². The third-order valence-corrected chi connectivity index (χ3v) is 6.64. The minimum Gasteiger partial charge on any atom is -0.314 e. The summed E-state index contributed by atoms with van der Waals surface area (Å²) >= 11 is 6.03. The Hall–Kier alpha value is -3.64. The summed E-state index contributed by atoms with van der Waals surface area (Å²) in [5, 5.41) is 4.14. The van der Waals surface area contributed by atoms with Gasteiger partial charge in [0.1, 0.15) is 5.82 Å². The van der Waals surface area contributed by atoms with Crippen LogP contribution in [0.2, 0.25) is 5.02 Å². The van der Waals surface area contributed by atoms with Gasteiger partial charge in [-0.2, -0.15) is 0 Å². The van der Waals surface area contributed by atoms with Crippen LogP contribution in [0.5, 0.6) is 0 Å². The first-order chi connectivity index (χ1) is 17.8. The number of rotatable bonds is 8. The highest BCUT2D eigenvalue weighted by Crippen LogP contribution is 2.28. The van der Waals surface area contributed by atoms with Crippen molar-refractivity contribution in [1.29, 1.82) is 0 Å². The molecule has 0 saturated carbocycles. The van der Waals surface area contributed by atoms with Crippen LogP contribution >= 0.6 is 11.6 Å². The minimum atomic E-state index is -0.433. The van der Waals surface area contributed by atoms with E-state index in [1.54, 1.807) is 39.8 Å². The Labute approximate surface area is 222 Å². The van der Waals surface area contributed by atoms with Crippen molar-refractivity contribution in [3.05, 3.63) is 99.6 Å². The van der Waals surface area contributed by atoms with Crippen LogP contribution in [0.4, 0.5) is 10.5 Å². The summed E-state index contributed by atoms with van der Waals surface area (Å²) in [4.78, 5) is 34.3. The van der Waals surface area contributed by atoms with E-state index < -0.39 is 6.04 Å². The van der Waals surface area contributed by atoms with Crippen molar-refractivity contribution in [2.75, 3.05) is 11.9 Å². The Balaban J connectivity index is 1.86. The number of amides is 2. The molecule has 4 aromatic rings. The highest BCUT2D eigenvalue weighted by Gasteiger charge is 2.29. The molecule has 7 heteroatoms. The van der Waals surface area contributed by atoms with E-state index >= 15 is 0 Å². The summed E-state index contributed by atoms with van der Waals surface area (Å²) in [6.07, 6.45) is 1.49. The van der Waals surface area contributed by atoms with Crippen LogP contribution in [0.15, 0.2) is 77.6 Å². The molecule has 4 rings (SSSR count). The zero-order valence-electron chi connectivity index (χ0n) is 21.7. The minimum absolute atomic E-state index is 0.147. The van der Waals surface area contributed by atoms with E-state index in [1.807, 2.05) is 49.4 Å². The molecule has 37 heavy (non-hydrogen) atoms. The second-order valence-electron chi connectivity index (χ2n) is 9.56. The lowest BCUT2D eigenvalue weighted by Crippen LogP contribution is -2.42. The van der Waals surface area contributed by atoms with Gasteiger partial charge >= 0.3 is 6.03 Å². The number of carbonyl (C=O) groups is 1. The van der Waals surface area contributed by atoms with E-state index in [1.165, 1.54) is 5.56 Å². The number of nitrogens with zero attached hydrogens (tertiary/aromatic N) is 3. The Morgan fingerprint density at radius 2 is 1.68 bits per heavy atom. The van der Waals surface area contributed by atoms with Gasteiger partial charge in [0.05, 0.1) is 22.6 Å². The molecule has 0 radical (unpaired) electrons. The molecule has 1 atom stereocenters. The molecule has 2 amide bonds. The number of aromatic nitrogens is 2. The number of nitrogens with one attached hydrogen (secondary N) is 1. The Kier molecular flexibility index (Phi) is 8.29. The average molecular weight is 517 g/mol. The van der Waals surface area contributed by atoms with Gasteiger partial charge in [-0.1, -0.05) is 63.6 Å². The maximum atomic E-state index is 13.9. The van der Waals surface area contributed by atoms with E-state index in [2.05, 4.69) is 26.1 Å². The number of hydrogen-bond donors (Lipinski definition) is 1. The first kappa shape index (κ1) is 26.4. The maximum Gasteiger partial charge on any atom is 0.322 e. The van der Waals surface area contributed by atoms with Gasteiger partial charge in [-0.15, -0.1) is 0 Å². The number of urea groups is 1. The molecule has 0 aliphatic heterocycles. The van der Waals surface area contributed by atoms with Gasteiger partial charge in [0.25, 0.3) is 5.56 Å². The largest absolute Gasteiger partial charge is 0.322 e. The fraction of sp³-hybridized carbons (Fsp3) is 0.300. The molecule has 0 spiro atoms. The third kappa shape index (κ3) is 5.86. The molecule has 1 aromatic heterocycles. The molecular formula is C30H33ClN4O2. The van der Waals surface area contributed by atoms with E-state index in [9.17, 15) is 9.59 Å². The normalized spacial score (nSPS) is 12.1. The summed E-state index contributed by atoms with van der Waals surface area (Å²) < 4.78 is 1.67. The van der Waals surface area contributed by atoms with Crippen molar-refractivity contribution >= 4 is 34.2 Å². The second-order valence-corrected chi connectivity index (χ2v) is 9.99. The molecule has 1 heterocycles. The number of hydrogen-bond acceptors (Lipinski definition) is 3. The van der Waals surface area contributed by atoms with Crippen molar-refractivity contribution < 1.29 is 4.79 Å². The van der Waals surface area contributed by atoms with Crippen molar-refractivity contribution in [2.24, 2.45) is 5.92 Å². The lowest BCUT2D eigenvalue weighted by molar-refractivity contribution is 0.171. The lowest BCUT2D eigenvalue weighted by Gasteiger charge is -2.33. The number of para-hydroxylation sites is 1. The van der Waals surface area contributed by atoms with Gasteiger partial charge in [0.15, 0.2) is 0 Å². The SMILES string of the molecule is CCc1ccc(-n2c(C(CC)N(CC(C)C)C(=O)Nc3ccc(Cl)cc3)nc3ccccc3c2=O)cc1. The fourth-order valence-electron chi connectivity index (χ4n) is 4.52. The molecule has 1 unspecified atom stereocenters. The molecule has 3 aromatic carbocycles. The van der Waals surface area contributed by atoms with E-state index in [0.29, 0.717) is 40.4 Å². The lowest BCUT2D eigenvalue weighted by atomic mass is 10.1. The Morgan fingerprint density at radius 1 is 1.00 bits per heavy atom. The Bertz CT molecular complexity index is 1430. The monoisotopic (exact) mass is 516 g/mol. The summed E-state index contributed by atoms with van der Waals surface area (Å²) in [5.41, 5.74) is 3.03. The van der Waals surface area contributed by atoms with Crippen LogP contribution in [0, 0.1) is 5.92 Å². The van der Waals surface area contributed by atoms with Gasteiger partial charge in [0, 0.05) is 17.3 Å². The van der Waals surface area contributed by atoms with Crippen LogP contribution in [-0.4, -0.2) is 27.0 Å². The second kappa shape index (κ2) is 11.6. The predicted octanol–water partition coefficient (Wildman–Crippen LogP) is 7.24. The molecule has 1 N–H and O–H groups in total. The topological polar surface area (TPSA) is 67.2 Å². The number of anilines is 1. The quantitative estimate of drug-likeness (QED) is 0.268. The number of fused-ring (bicyclic) bond motifs is 1. The Morgan fingerprint density at radius 3 is 2.30 bits per heavy atom. The summed E-state index contributed by atoms with van der Waals surface area (Å²) in [6, 6.07) is 21.7. The molecule has 0 saturated heterocycles. The molecule has 6 nitrogen and oxygen atoms in total. The van der Waals surface area contributed by atoms with Crippen LogP contribution in [0.25, 0.3) is 16.6 Å². The first-order valence-corrected chi connectivity index (χ1v) is 13.1. The number of carbonyl (C=O) groups excluding carboxylic acids is 1. The van der Waals surface area contributed by atoms with Crippen molar-refractivity contribution in [2.45, 2.75) is 46.6 Å². The van der Waals surface area contributed by atoms with Crippen LogP contribution in [0.1, 0.15) is 51.5 Å². The van der Waals surface area contributed by atoms with Gasteiger partial charge in [-0.25, -0.2) is 9.78 Å². The number of benzene rings is 3. The summed E-state index contributed by atoms with van der Waals surface area (Å²) in [5.74, 6) is 0.747. The molecule has 0 aliphatic rings. The van der Waals surface area contributed by atoms with Crippen molar-refractivity contribution in [3.8, 4) is 5.69 Å². The van der Waals surface area contributed by atoms with Crippen LogP contribution in [0.3, 0.4) is 0 Å². The number of aryl methyl sites for hydroxylation is 1. The van der Waals surface area contributed by atoms with Gasteiger partial charge in [-0.3, -0.25) is 9.36 Å². The van der Waals surface area contributed by atoms with Crippen LogP contribution < -0.4 is 10.9 Å². The van der Waals surface area contributed by atoms with Gasteiger partial charge in [0.2, 0.25) is 0 Å². The highest BCUT2D eigenvalue weighted by molar-refractivity contribution is 6.30. The number of halogens is 1. The fourth-order valence-corrected chi connectivity index (χ4v) is 4.65. The summed E-state index contributed by atoms with van der Waals surface area (Å²) in [7, 11) is 0. The van der Waals surface area contributed by atoms with E-state index in [4.69, 9.17) is 16.6 Å². The third-order valence-electron chi connectivity index (χ3n) is 6.38. The standard InChI is InChI=1S/C30H33ClN4O2/c1-5-21-11-17-24(18-12-21)35-28(33-26-10-8-7-9-25(26)29(35)36)27(6-2)34(19-20(3)4)30(37)32-23-15-13-22(31)14-16-23/h7-18,20,27H,5-6,19H2,1-4H3,(H,32,37). The molecule has 0 bridgehead atoms. The molecule has 192 valence electrons. The van der Waals surface area contributed by atoms with Gasteiger partial charge in [-0.05, 0) is 72.9 Å². The molecule has 0 aliphatic carbocycles. The highest BCUT2D eigenvalue weighted by atomic mass is 35.5. The van der Waals surface area contributed by atoms with E-state index in [-0.39, 0.29) is 17.5 Å². The zero-order valence-corrected chi connectivity index (χ0v) is 22.5. The molecule has 0 fully saturated rings. The van der Waals surface area contributed by atoms with Crippen LogP contribution in [-0.2, 0) is 6.42 Å².